The van der Waals surface area contributed by atoms with Crippen LogP contribution < -0.4 is 0 Å². The quantitative estimate of drug-likeness (QED) is 0.803. The van der Waals surface area contributed by atoms with E-state index in [0.29, 0.717) is 5.92 Å². The van der Waals surface area contributed by atoms with Crippen molar-refractivity contribution >= 4 is 6.09 Å². The minimum absolute atomic E-state index is 0.0103. The molecule has 1 aliphatic heterocycles. The van der Waals surface area contributed by atoms with Crippen molar-refractivity contribution in [2.24, 2.45) is 5.92 Å². The van der Waals surface area contributed by atoms with Gasteiger partial charge in [-0.15, -0.1) is 0 Å². The Kier molecular flexibility index (Phi) is 4.64. The van der Waals surface area contributed by atoms with Crippen molar-refractivity contribution in [1.29, 1.82) is 0 Å². The average molecular weight is 293 g/mol. The molecule has 0 aromatic carbocycles. The molecule has 4 nitrogen and oxygen atoms in total. The van der Waals surface area contributed by atoms with Crippen LogP contribution in [0, 0.1) is 5.92 Å². The number of hydrogen-bond donors (Lipinski definition) is 0. The maximum absolute atomic E-state index is 12.4. The molecule has 0 bridgehead atoms. The van der Waals surface area contributed by atoms with Crippen LogP contribution in [-0.4, -0.2) is 23.1 Å². The molecule has 0 aliphatic carbocycles. The van der Waals surface area contributed by atoms with Crippen molar-refractivity contribution in [3.8, 4) is 0 Å². The summed E-state index contributed by atoms with van der Waals surface area (Å²) in [6.07, 6.45) is 2.57. The zero-order chi connectivity index (χ0) is 15.6. The summed E-state index contributed by atoms with van der Waals surface area (Å²) in [5.74, 6) is 2.43. The van der Waals surface area contributed by atoms with Crippen LogP contribution in [0.4, 0.5) is 4.79 Å². The van der Waals surface area contributed by atoms with Crippen molar-refractivity contribution in [2.45, 2.75) is 65.5 Å². The van der Waals surface area contributed by atoms with Gasteiger partial charge >= 0.3 is 6.09 Å². The molecule has 2 heterocycles. The Labute approximate surface area is 127 Å². The smallest absolute Gasteiger partial charge is 0.410 e. The lowest BCUT2D eigenvalue weighted by atomic mass is 9.91. The van der Waals surface area contributed by atoms with Gasteiger partial charge in [-0.05, 0) is 51.7 Å². The molecule has 118 valence electrons. The second-order valence-corrected chi connectivity index (χ2v) is 6.98. The van der Waals surface area contributed by atoms with E-state index in [-0.39, 0.29) is 12.1 Å². The minimum atomic E-state index is -0.470. The molecule has 2 rings (SSSR count). The Morgan fingerprint density at radius 1 is 1.43 bits per heavy atom. The fourth-order valence-electron chi connectivity index (χ4n) is 2.71. The second-order valence-electron chi connectivity index (χ2n) is 6.98. The van der Waals surface area contributed by atoms with Gasteiger partial charge in [-0.2, -0.15) is 0 Å². The number of hydrogen-bond acceptors (Lipinski definition) is 3. The third-order valence-corrected chi connectivity index (χ3v) is 3.85. The molecule has 1 amide bonds. The van der Waals surface area contributed by atoms with Crippen LogP contribution in [0.1, 0.15) is 65.0 Å². The monoisotopic (exact) mass is 293 g/mol. The van der Waals surface area contributed by atoms with Crippen LogP contribution in [0.5, 0.6) is 0 Å². The Hall–Kier alpha value is -1.45. The van der Waals surface area contributed by atoms with Gasteiger partial charge in [-0.3, -0.25) is 4.90 Å². The molecule has 2 atom stereocenters. The Morgan fingerprint density at radius 2 is 2.14 bits per heavy atom. The van der Waals surface area contributed by atoms with Crippen LogP contribution >= 0.6 is 0 Å². The molecule has 0 N–H and O–H groups in total. The number of amides is 1. The number of piperidine rings is 1. The number of ether oxygens (including phenoxy) is 1. The highest BCUT2D eigenvalue weighted by atomic mass is 16.6. The van der Waals surface area contributed by atoms with Gasteiger partial charge in [0.25, 0.3) is 0 Å². The van der Waals surface area contributed by atoms with E-state index < -0.39 is 5.60 Å². The summed E-state index contributed by atoms with van der Waals surface area (Å²) >= 11 is 0. The Morgan fingerprint density at radius 3 is 2.71 bits per heavy atom. The fraction of sp³-hybridized carbons (Fsp3) is 0.706. The third kappa shape index (κ3) is 4.02. The highest BCUT2D eigenvalue weighted by molar-refractivity contribution is 5.69. The van der Waals surface area contributed by atoms with Gasteiger partial charge in [0.05, 0.1) is 6.04 Å². The predicted molar refractivity (Wildman–Crippen MR) is 82.2 cm³/mol. The maximum atomic E-state index is 12.4. The number of carbonyl (C=O) groups excluding carboxylic acids is 1. The summed E-state index contributed by atoms with van der Waals surface area (Å²) in [4.78, 5) is 14.3. The largest absolute Gasteiger partial charge is 0.464 e. The first-order valence-electron chi connectivity index (χ1n) is 7.88. The molecule has 0 radical (unpaired) electrons. The lowest BCUT2D eigenvalue weighted by molar-refractivity contribution is 0.00193. The van der Waals surface area contributed by atoms with Crippen molar-refractivity contribution in [3.63, 3.8) is 0 Å². The van der Waals surface area contributed by atoms with Gasteiger partial charge in [-0.1, -0.05) is 13.8 Å². The van der Waals surface area contributed by atoms with Gasteiger partial charge in [0.1, 0.15) is 17.1 Å². The lowest BCUT2D eigenvalue weighted by Crippen LogP contribution is -2.43. The standard InChI is InChI=1S/C17H27NO3/c1-6-13-7-8-15(20-13)14-11-12(2)9-10-18(14)16(19)21-17(3,4)5/h7-8,12,14H,6,9-11H2,1-5H3. The van der Waals surface area contributed by atoms with Crippen molar-refractivity contribution in [3.05, 3.63) is 23.7 Å². The highest BCUT2D eigenvalue weighted by Crippen LogP contribution is 2.35. The van der Waals surface area contributed by atoms with Crippen molar-refractivity contribution < 1.29 is 13.9 Å². The topological polar surface area (TPSA) is 42.7 Å². The first kappa shape index (κ1) is 15.9. The van der Waals surface area contributed by atoms with Gasteiger partial charge in [-0.25, -0.2) is 4.79 Å². The molecule has 4 heteroatoms. The van der Waals surface area contributed by atoms with Crippen LogP contribution in [0.25, 0.3) is 0 Å². The molecule has 1 saturated heterocycles. The molecular weight excluding hydrogens is 266 g/mol. The number of likely N-dealkylation sites (tertiary alicyclic amines) is 1. The lowest BCUT2D eigenvalue weighted by Gasteiger charge is -2.38. The van der Waals surface area contributed by atoms with Gasteiger partial charge in [0, 0.05) is 13.0 Å². The van der Waals surface area contributed by atoms with E-state index in [4.69, 9.17) is 9.15 Å². The zero-order valence-electron chi connectivity index (χ0n) is 13.8. The highest BCUT2D eigenvalue weighted by Gasteiger charge is 2.35. The third-order valence-electron chi connectivity index (χ3n) is 3.85. The summed E-state index contributed by atoms with van der Waals surface area (Å²) < 4.78 is 11.4. The number of furan rings is 1. The first-order chi connectivity index (χ1) is 9.80. The summed E-state index contributed by atoms with van der Waals surface area (Å²) in [5.41, 5.74) is -0.470. The summed E-state index contributed by atoms with van der Waals surface area (Å²) in [6.45, 7) is 10.7. The van der Waals surface area contributed by atoms with Crippen molar-refractivity contribution in [1.82, 2.24) is 4.90 Å². The second kappa shape index (κ2) is 6.12. The number of carbonyl (C=O) groups is 1. The molecule has 1 aromatic heterocycles. The first-order valence-corrected chi connectivity index (χ1v) is 7.88. The molecule has 0 spiro atoms. The molecule has 1 aliphatic rings. The maximum Gasteiger partial charge on any atom is 0.410 e. The van der Waals surface area contributed by atoms with E-state index in [9.17, 15) is 4.79 Å². The van der Waals surface area contributed by atoms with Gasteiger partial charge in [0.15, 0.2) is 0 Å². The number of rotatable bonds is 2. The molecule has 2 unspecified atom stereocenters. The molecule has 21 heavy (non-hydrogen) atoms. The van der Waals surface area contributed by atoms with Crippen molar-refractivity contribution in [2.75, 3.05) is 6.54 Å². The Balaban J connectivity index is 2.19. The van der Waals surface area contributed by atoms with Crippen LogP contribution in [0.3, 0.4) is 0 Å². The average Bonchev–Trinajstić information content (AvgIpc) is 2.85. The number of nitrogens with zero attached hydrogens (tertiary/aromatic N) is 1. The summed E-state index contributed by atoms with van der Waals surface area (Å²) in [7, 11) is 0. The predicted octanol–water partition coefficient (Wildman–Crippen LogP) is 4.55. The van der Waals surface area contributed by atoms with E-state index in [1.54, 1.807) is 0 Å². The van der Waals surface area contributed by atoms with Gasteiger partial charge < -0.3 is 9.15 Å². The van der Waals surface area contributed by atoms with E-state index in [1.807, 2.05) is 37.8 Å². The molecule has 1 aromatic rings. The molecule has 1 fully saturated rings. The summed E-state index contributed by atoms with van der Waals surface area (Å²) in [6, 6.07) is 3.99. The zero-order valence-corrected chi connectivity index (χ0v) is 13.8. The van der Waals surface area contributed by atoms with Crippen LogP contribution in [0.15, 0.2) is 16.5 Å². The summed E-state index contributed by atoms with van der Waals surface area (Å²) in [5, 5.41) is 0. The van der Waals surface area contributed by atoms with Crippen LogP contribution in [-0.2, 0) is 11.2 Å². The van der Waals surface area contributed by atoms with Crippen LogP contribution in [0.2, 0.25) is 0 Å². The fourth-order valence-corrected chi connectivity index (χ4v) is 2.71. The molecular formula is C17H27NO3. The van der Waals surface area contributed by atoms with E-state index in [0.717, 1.165) is 37.3 Å². The Bertz CT molecular complexity index is 486. The van der Waals surface area contributed by atoms with E-state index >= 15 is 0 Å². The minimum Gasteiger partial charge on any atom is -0.464 e. The van der Waals surface area contributed by atoms with E-state index in [2.05, 4.69) is 13.8 Å². The van der Waals surface area contributed by atoms with Gasteiger partial charge in [0.2, 0.25) is 0 Å². The molecule has 0 saturated carbocycles. The van der Waals surface area contributed by atoms with E-state index in [1.165, 1.54) is 0 Å². The SMILES string of the molecule is CCc1ccc(C2CC(C)CCN2C(=O)OC(C)(C)C)o1. The number of aryl methyl sites for hydroxylation is 1. The normalized spacial score (nSPS) is 23.2.